The average Bonchev–Trinajstić information content (AvgIpc) is 3.12. The van der Waals surface area contributed by atoms with Gasteiger partial charge in [0.25, 0.3) is 0 Å². The predicted molar refractivity (Wildman–Crippen MR) is 87.7 cm³/mol. The summed E-state index contributed by atoms with van der Waals surface area (Å²) in [5, 5.41) is 6.70. The minimum atomic E-state index is -2.60. The molecule has 1 aromatic rings. The van der Waals surface area contributed by atoms with Crippen LogP contribution >= 0.6 is 0 Å². The third-order valence-corrected chi connectivity index (χ3v) is 3.82. The van der Waals surface area contributed by atoms with Crippen molar-refractivity contribution in [2.75, 3.05) is 20.1 Å². The second kappa shape index (κ2) is 7.74. The lowest BCUT2D eigenvalue weighted by Gasteiger charge is -2.24. The number of allylic oxidation sites excluding steroid dienone is 1. The highest BCUT2D eigenvalue weighted by molar-refractivity contribution is 6.41. The molecular formula is C14H19BF2N6. The molecular weight excluding hydrogens is 301 g/mol. The van der Waals surface area contributed by atoms with Gasteiger partial charge in [0.05, 0.1) is 17.1 Å². The van der Waals surface area contributed by atoms with Crippen molar-refractivity contribution in [1.82, 2.24) is 14.7 Å². The van der Waals surface area contributed by atoms with E-state index in [2.05, 4.69) is 15.3 Å². The number of halogens is 2. The highest BCUT2D eigenvalue weighted by Crippen LogP contribution is 2.26. The summed E-state index contributed by atoms with van der Waals surface area (Å²) >= 11 is 0. The monoisotopic (exact) mass is 320 g/mol. The Morgan fingerprint density at radius 3 is 2.91 bits per heavy atom. The van der Waals surface area contributed by atoms with Crippen molar-refractivity contribution in [3.05, 3.63) is 52.3 Å². The normalized spacial score (nSPS) is 18.8. The van der Waals surface area contributed by atoms with Crippen LogP contribution in [0, 0.1) is 0 Å². The highest BCUT2D eigenvalue weighted by atomic mass is 19.2. The summed E-state index contributed by atoms with van der Waals surface area (Å²) < 4.78 is 27.3. The minimum absolute atomic E-state index is 0.208. The molecule has 0 amide bonds. The third-order valence-electron chi connectivity index (χ3n) is 3.82. The van der Waals surface area contributed by atoms with E-state index in [0.29, 0.717) is 30.9 Å². The van der Waals surface area contributed by atoms with E-state index in [1.54, 1.807) is 12.1 Å². The van der Waals surface area contributed by atoms with Gasteiger partial charge in [-0.2, -0.15) is 0 Å². The van der Waals surface area contributed by atoms with Crippen molar-refractivity contribution in [3.8, 4) is 0 Å². The van der Waals surface area contributed by atoms with Crippen LogP contribution in [0.3, 0.4) is 0 Å². The topological polar surface area (TPSA) is 69.0 Å². The lowest BCUT2D eigenvalue weighted by molar-refractivity contribution is 0.404. The second-order valence-electron chi connectivity index (χ2n) is 5.28. The average molecular weight is 320 g/mol. The molecule has 1 atom stereocenters. The van der Waals surface area contributed by atoms with Crippen LogP contribution in [0.2, 0.25) is 0 Å². The molecule has 0 saturated carbocycles. The molecule has 0 aliphatic carbocycles. The van der Waals surface area contributed by atoms with E-state index >= 15 is 0 Å². The smallest absolute Gasteiger partial charge is 0.382 e. The van der Waals surface area contributed by atoms with E-state index in [0.717, 1.165) is 10.2 Å². The van der Waals surface area contributed by atoms with Gasteiger partial charge in [0.15, 0.2) is 0 Å². The lowest BCUT2D eigenvalue weighted by atomic mass is 10.1. The predicted octanol–water partition coefficient (Wildman–Crippen LogP) is 3.11. The molecule has 1 unspecified atom stereocenters. The van der Waals surface area contributed by atoms with E-state index < -0.39 is 7.40 Å². The Hall–Kier alpha value is -2.41. The van der Waals surface area contributed by atoms with Crippen LogP contribution in [0.15, 0.2) is 41.3 Å². The fourth-order valence-electron chi connectivity index (χ4n) is 2.45. The molecule has 1 aliphatic rings. The molecule has 6 nitrogen and oxygen atoms in total. The molecule has 9 heteroatoms. The fourth-order valence-corrected chi connectivity index (χ4v) is 2.45. The largest absolute Gasteiger partial charge is 0.677 e. The first kappa shape index (κ1) is 17.0. The number of hydrogen-bond acceptors (Lipinski definition) is 3. The summed E-state index contributed by atoms with van der Waals surface area (Å²) in [4.78, 5) is 4.73. The van der Waals surface area contributed by atoms with Gasteiger partial charge < -0.3 is 14.7 Å². The van der Waals surface area contributed by atoms with Crippen LogP contribution in [-0.2, 0) is 0 Å². The van der Waals surface area contributed by atoms with Gasteiger partial charge in [0.1, 0.15) is 0 Å². The first-order valence-electron chi connectivity index (χ1n) is 7.41. The summed E-state index contributed by atoms with van der Waals surface area (Å²) in [6, 6.07) is 3.48. The molecule has 0 saturated heterocycles. The van der Waals surface area contributed by atoms with Gasteiger partial charge in [-0.05, 0) is 43.3 Å². The Balaban J connectivity index is 2.29. The van der Waals surface area contributed by atoms with Gasteiger partial charge >= 0.3 is 7.40 Å². The van der Waals surface area contributed by atoms with Crippen molar-refractivity contribution in [1.29, 1.82) is 0 Å². The molecule has 1 aliphatic heterocycles. The second-order valence-corrected chi connectivity index (χ2v) is 5.28. The van der Waals surface area contributed by atoms with E-state index in [4.69, 9.17) is 5.53 Å². The molecule has 122 valence electrons. The molecule has 1 aromatic heterocycles. The van der Waals surface area contributed by atoms with Crippen molar-refractivity contribution >= 4 is 13.1 Å². The van der Waals surface area contributed by atoms with Crippen LogP contribution in [0.25, 0.3) is 16.1 Å². The minimum Gasteiger partial charge on any atom is -0.382 e. The zero-order chi connectivity index (χ0) is 16.8. The van der Waals surface area contributed by atoms with Crippen LogP contribution in [0.5, 0.6) is 0 Å². The first-order valence-corrected chi connectivity index (χ1v) is 7.41. The standard InChI is InChI=1S/C14H19BF2N6/c1-11-6-7-12(22(11)2)14(19-8-4-9-20-21-18)13-5-3-10-23(13)15(16)17/h3,5-7,10-11,19H,4,8-9H2,1-2H3/b14-12+. The Labute approximate surface area is 134 Å². The van der Waals surface area contributed by atoms with Gasteiger partial charge in [-0.3, -0.25) is 8.63 Å². The number of nitrogens with one attached hydrogen (secondary N) is 1. The maximum Gasteiger partial charge on any atom is 0.677 e. The van der Waals surface area contributed by atoms with Crippen LogP contribution in [-0.4, -0.2) is 43.0 Å². The van der Waals surface area contributed by atoms with Crippen molar-refractivity contribution in [2.45, 2.75) is 19.4 Å². The van der Waals surface area contributed by atoms with E-state index in [1.165, 1.54) is 6.20 Å². The molecule has 1 N–H and O–H groups in total. The van der Waals surface area contributed by atoms with Gasteiger partial charge in [0, 0.05) is 31.1 Å². The Morgan fingerprint density at radius 1 is 1.52 bits per heavy atom. The van der Waals surface area contributed by atoms with Crippen LogP contribution in [0.4, 0.5) is 8.63 Å². The molecule has 2 heterocycles. The molecule has 0 fully saturated rings. The number of rotatable bonds is 7. The van der Waals surface area contributed by atoms with Gasteiger partial charge in [0.2, 0.25) is 0 Å². The molecule has 0 spiro atoms. The zero-order valence-corrected chi connectivity index (χ0v) is 13.2. The van der Waals surface area contributed by atoms with Crippen molar-refractivity contribution in [3.63, 3.8) is 0 Å². The van der Waals surface area contributed by atoms with E-state index in [-0.39, 0.29) is 6.04 Å². The lowest BCUT2D eigenvalue weighted by Crippen LogP contribution is -2.27. The number of aromatic nitrogens is 1. The number of azide groups is 1. The quantitative estimate of drug-likeness (QED) is 0.276. The maximum absolute atomic E-state index is 13.2. The Bertz CT molecular complexity index is 647. The zero-order valence-electron chi connectivity index (χ0n) is 13.2. The van der Waals surface area contributed by atoms with Crippen LogP contribution in [0.1, 0.15) is 19.0 Å². The molecule has 2 rings (SSSR count). The van der Waals surface area contributed by atoms with Crippen molar-refractivity contribution < 1.29 is 8.63 Å². The van der Waals surface area contributed by atoms with Crippen LogP contribution < -0.4 is 5.32 Å². The fraction of sp³-hybridized carbons (Fsp3) is 0.429. The van der Waals surface area contributed by atoms with E-state index in [9.17, 15) is 8.63 Å². The number of hydrogen-bond donors (Lipinski definition) is 1. The van der Waals surface area contributed by atoms with Crippen molar-refractivity contribution in [2.24, 2.45) is 5.11 Å². The molecule has 0 aromatic carbocycles. The van der Waals surface area contributed by atoms with Gasteiger partial charge in [-0.25, -0.2) is 0 Å². The number of nitrogens with zero attached hydrogens (tertiary/aromatic N) is 5. The number of likely N-dealkylation sites (N-methyl/N-ethyl adjacent to an activating group) is 1. The summed E-state index contributed by atoms with van der Waals surface area (Å²) in [5.41, 5.74) is 10.2. The summed E-state index contributed by atoms with van der Waals surface area (Å²) in [6.07, 6.45) is 5.94. The Kier molecular flexibility index (Phi) is 5.70. The van der Waals surface area contributed by atoms with E-state index in [1.807, 2.05) is 31.0 Å². The first-order chi connectivity index (χ1) is 11.1. The molecule has 0 radical (unpaired) electrons. The SMILES string of the molecule is CC1C=C/C(=C(\NCCCN=[N+]=[N-])c2cccn2B(F)F)N1C. The maximum atomic E-state index is 13.2. The van der Waals surface area contributed by atoms with Gasteiger partial charge in [-0.1, -0.05) is 11.2 Å². The molecule has 0 bridgehead atoms. The summed E-state index contributed by atoms with van der Waals surface area (Å²) in [5.74, 6) is 0. The van der Waals surface area contributed by atoms with Gasteiger partial charge in [-0.15, -0.1) is 0 Å². The molecule has 23 heavy (non-hydrogen) atoms. The summed E-state index contributed by atoms with van der Waals surface area (Å²) in [6.45, 7) is 2.93. The summed E-state index contributed by atoms with van der Waals surface area (Å²) in [7, 11) is -0.675. The third kappa shape index (κ3) is 3.87. The Morgan fingerprint density at radius 2 is 2.30 bits per heavy atom. The highest BCUT2D eigenvalue weighted by Gasteiger charge is 2.25.